The van der Waals surface area contributed by atoms with Crippen LogP contribution in [0.4, 0.5) is 0 Å². The van der Waals surface area contributed by atoms with Crippen LogP contribution >= 0.6 is 0 Å². The molecule has 0 aromatic heterocycles. The Labute approximate surface area is 75.5 Å². The fourth-order valence-corrected chi connectivity index (χ4v) is 2.21. The van der Waals surface area contributed by atoms with E-state index in [4.69, 9.17) is 5.11 Å². The van der Waals surface area contributed by atoms with Gasteiger partial charge >= 0.3 is 75.4 Å². The van der Waals surface area contributed by atoms with Crippen molar-refractivity contribution in [1.29, 1.82) is 0 Å². The van der Waals surface area contributed by atoms with Crippen LogP contribution in [-0.4, -0.2) is 32.2 Å². The minimum atomic E-state index is -0.849. The van der Waals surface area contributed by atoms with Gasteiger partial charge in [-0.15, -0.1) is 0 Å². The van der Waals surface area contributed by atoms with E-state index in [-0.39, 0.29) is 21.1 Å². The fourth-order valence-electron chi connectivity index (χ4n) is 0.779. The average Bonchev–Trinajstić information content (AvgIpc) is 2.05. The summed E-state index contributed by atoms with van der Waals surface area (Å²) in [5.41, 5.74) is 0.376. The second-order valence-corrected chi connectivity index (χ2v) is 5.21. The molecular weight excluding hydrogens is 247 g/mol. The Balaban J connectivity index is 2.91. The van der Waals surface area contributed by atoms with E-state index in [1.165, 1.54) is 3.58 Å². The molecule has 1 N–H and O–H groups in total. The Hall–Kier alpha value is -0.511. The maximum atomic E-state index is 10.4. The molecule has 3 heteroatoms. The molecule has 0 unspecified atom stereocenters. The third-order valence-corrected chi connectivity index (χ3v) is 4.02. The molecule has 0 aliphatic carbocycles. The molecule has 0 amide bonds. The zero-order valence-electron chi connectivity index (χ0n) is 6.16. The molecule has 0 fully saturated rings. The van der Waals surface area contributed by atoms with E-state index in [9.17, 15) is 4.79 Å². The second-order valence-electron chi connectivity index (χ2n) is 2.13. The van der Waals surface area contributed by atoms with Gasteiger partial charge in [0.1, 0.15) is 0 Å². The predicted octanol–water partition coefficient (Wildman–Crippen LogP) is 0.762. The first kappa shape index (κ1) is 8.58. The quantitative estimate of drug-likeness (QED) is 0.792. The van der Waals surface area contributed by atoms with Crippen molar-refractivity contribution in [3.8, 4) is 0 Å². The topological polar surface area (TPSA) is 37.3 Å². The van der Waals surface area contributed by atoms with Gasteiger partial charge in [-0.1, -0.05) is 0 Å². The zero-order valence-corrected chi connectivity index (χ0v) is 9.02. The molecule has 2 nitrogen and oxygen atoms in total. The molecule has 1 aromatic carbocycles. The van der Waals surface area contributed by atoms with E-state index in [0.29, 0.717) is 5.56 Å². The summed E-state index contributed by atoms with van der Waals surface area (Å²) < 4.78 is 1.33. The summed E-state index contributed by atoms with van der Waals surface area (Å²) >= 11 is -0.386. The molecular formula is C8H8O2Sn. The number of carboxylic acids is 1. The number of hydrogen-bond donors (Lipinski definition) is 1. The Morgan fingerprint density at radius 3 is 2.27 bits per heavy atom. The first-order valence-corrected chi connectivity index (χ1v) is 7.53. The Bertz CT molecular complexity index is 253. The summed E-state index contributed by atoms with van der Waals surface area (Å²) in [6.07, 6.45) is 0. The van der Waals surface area contributed by atoms with Crippen LogP contribution in [0.3, 0.4) is 0 Å². The third-order valence-electron chi connectivity index (χ3n) is 1.42. The zero-order chi connectivity index (χ0) is 8.27. The van der Waals surface area contributed by atoms with Gasteiger partial charge in [0.2, 0.25) is 0 Å². The minimum absolute atomic E-state index is 0.376. The van der Waals surface area contributed by atoms with Gasteiger partial charge in [0, 0.05) is 0 Å². The normalized spacial score (nSPS) is 9.55. The van der Waals surface area contributed by atoms with Crippen LogP contribution in [0.15, 0.2) is 24.3 Å². The van der Waals surface area contributed by atoms with Crippen LogP contribution < -0.4 is 3.58 Å². The van der Waals surface area contributed by atoms with Gasteiger partial charge in [-0.25, -0.2) is 0 Å². The monoisotopic (exact) mass is 256 g/mol. The van der Waals surface area contributed by atoms with Gasteiger partial charge in [-0.05, 0) is 0 Å². The molecule has 56 valence electrons. The summed E-state index contributed by atoms with van der Waals surface area (Å²) in [7, 11) is 0. The molecule has 0 aliphatic rings. The Kier molecular flexibility index (Phi) is 2.93. The van der Waals surface area contributed by atoms with Gasteiger partial charge in [0.25, 0.3) is 0 Å². The summed E-state index contributed by atoms with van der Waals surface area (Å²) in [6, 6.07) is 7.16. The molecule has 0 saturated heterocycles. The summed E-state index contributed by atoms with van der Waals surface area (Å²) in [5.74, 6) is -0.849. The fraction of sp³-hybridized carbons (Fsp3) is 0.125. The Morgan fingerprint density at radius 2 is 1.91 bits per heavy atom. The van der Waals surface area contributed by atoms with Gasteiger partial charge in [0.15, 0.2) is 0 Å². The van der Waals surface area contributed by atoms with Gasteiger partial charge in [-0.2, -0.15) is 0 Å². The van der Waals surface area contributed by atoms with Crippen LogP contribution in [0.1, 0.15) is 10.4 Å². The Morgan fingerprint density at radius 1 is 1.36 bits per heavy atom. The van der Waals surface area contributed by atoms with Crippen molar-refractivity contribution in [3.63, 3.8) is 0 Å². The summed E-state index contributed by atoms with van der Waals surface area (Å²) in [6.45, 7) is 0. The van der Waals surface area contributed by atoms with E-state index in [0.717, 1.165) is 0 Å². The number of hydrogen-bond acceptors (Lipinski definition) is 1. The van der Waals surface area contributed by atoms with E-state index in [1.807, 2.05) is 12.1 Å². The SMILES string of the molecule is [CH3][Sn][c]1ccc(C(=O)O)cc1. The molecule has 1 aromatic rings. The van der Waals surface area contributed by atoms with E-state index < -0.39 is 5.97 Å². The van der Waals surface area contributed by atoms with Crippen molar-refractivity contribution in [1.82, 2.24) is 0 Å². The van der Waals surface area contributed by atoms with Crippen LogP contribution in [0.5, 0.6) is 0 Å². The number of rotatable bonds is 2. The van der Waals surface area contributed by atoms with Crippen LogP contribution in [0.25, 0.3) is 0 Å². The standard InChI is InChI=1S/C7H5O2.CH3.Sn/c8-7(9)6-4-2-1-3-5-6;;/h2-5H,(H,8,9);1H3;. The second kappa shape index (κ2) is 3.76. The third kappa shape index (κ3) is 2.22. The van der Waals surface area contributed by atoms with E-state index in [1.54, 1.807) is 12.1 Å². The van der Waals surface area contributed by atoms with Crippen LogP contribution in [0, 0.1) is 0 Å². The number of carbonyl (C=O) groups is 1. The van der Waals surface area contributed by atoms with Crippen LogP contribution in [0.2, 0.25) is 4.94 Å². The number of benzene rings is 1. The summed E-state index contributed by atoms with van der Waals surface area (Å²) in [4.78, 5) is 12.6. The van der Waals surface area contributed by atoms with Crippen LogP contribution in [-0.2, 0) is 0 Å². The molecule has 0 spiro atoms. The first-order valence-electron chi connectivity index (χ1n) is 3.25. The molecule has 0 atom stereocenters. The van der Waals surface area contributed by atoms with Crippen molar-refractivity contribution >= 4 is 30.7 Å². The predicted molar refractivity (Wildman–Crippen MR) is 44.7 cm³/mol. The molecule has 0 aliphatic heterocycles. The van der Waals surface area contributed by atoms with E-state index in [2.05, 4.69) is 4.94 Å². The molecule has 11 heavy (non-hydrogen) atoms. The molecule has 0 bridgehead atoms. The molecule has 1 rings (SSSR count). The van der Waals surface area contributed by atoms with Crippen molar-refractivity contribution in [2.75, 3.05) is 0 Å². The van der Waals surface area contributed by atoms with Crippen molar-refractivity contribution in [2.45, 2.75) is 4.94 Å². The number of aromatic carboxylic acids is 1. The van der Waals surface area contributed by atoms with Gasteiger partial charge in [0.05, 0.1) is 0 Å². The maximum absolute atomic E-state index is 10.4. The van der Waals surface area contributed by atoms with Crippen molar-refractivity contribution < 1.29 is 9.90 Å². The van der Waals surface area contributed by atoms with Crippen molar-refractivity contribution in [2.24, 2.45) is 0 Å². The van der Waals surface area contributed by atoms with Gasteiger partial charge in [-0.3, -0.25) is 0 Å². The first-order chi connectivity index (χ1) is 5.24. The van der Waals surface area contributed by atoms with Gasteiger partial charge < -0.3 is 0 Å². The summed E-state index contributed by atoms with van der Waals surface area (Å²) in [5, 5.41) is 8.56. The molecule has 0 saturated carbocycles. The number of carboxylic acid groups (broad SMARTS) is 1. The average molecular weight is 255 g/mol. The van der Waals surface area contributed by atoms with Crippen molar-refractivity contribution in [3.05, 3.63) is 29.8 Å². The molecule has 0 heterocycles. The molecule has 2 radical (unpaired) electrons. The van der Waals surface area contributed by atoms with E-state index >= 15 is 0 Å².